The lowest BCUT2D eigenvalue weighted by Gasteiger charge is -2.22. The van der Waals surface area contributed by atoms with Crippen molar-refractivity contribution in [3.63, 3.8) is 0 Å². The van der Waals surface area contributed by atoms with Crippen LogP contribution < -0.4 is 10.2 Å². The van der Waals surface area contributed by atoms with Crippen LogP contribution in [-0.2, 0) is 11.3 Å². The quantitative estimate of drug-likeness (QED) is 0.757. The molecular weight excluding hydrogens is 348 g/mol. The van der Waals surface area contributed by atoms with E-state index >= 15 is 0 Å². The second-order valence-corrected chi connectivity index (χ2v) is 7.05. The number of ether oxygens (including phenoxy) is 1. The average molecular weight is 374 g/mol. The maximum atomic E-state index is 12.8. The second-order valence-electron chi connectivity index (χ2n) is 7.05. The Morgan fingerprint density at radius 2 is 2.11 bits per heavy atom. The van der Waals surface area contributed by atoms with Gasteiger partial charge in [-0.2, -0.15) is 0 Å². The lowest BCUT2D eigenvalue weighted by molar-refractivity contribution is 0.0914. The van der Waals surface area contributed by atoms with Crippen molar-refractivity contribution in [3.05, 3.63) is 35.5 Å². The summed E-state index contributed by atoms with van der Waals surface area (Å²) in [6, 6.07) is 1.75. The van der Waals surface area contributed by atoms with Crippen molar-refractivity contribution in [2.24, 2.45) is 5.92 Å². The van der Waals surface area contributed by atoms with Crippen LogP contribution in [0, 0.1) is 12.8 Å². The Labute approximate surface area is 158 Å². The number of carbonyl (C=O) groups excluding carboxylic acids is 1. The molecule has 27 heavy (non-hydrogen) atoms. The minimum atomic E-state index is -0.247. The topological polar surface area (TPSA) is 96.6 Å². The molecule has 0 radical (unpaired) electrons. The first-order chi connectivity index (χ1) is 13.0. The van der Waals surface area contributed by atoms with E-state index in [9.17, 15) is 4.79 Å². The van der Waals surface area contributed by atoms with E-state index < -0.39 is 0 Å². The Balaban J connectivity index is 1.75. The predicted molar refractivity (Wildman–Crippen MR) is 99.5 cm³/mol. The molecule has 3 heterocycles. The number of nitrogens with zero attached hydrogens (tertiary/aromatic N) is 5. The van der Waals surface area contributed by atoms with Crippen molar-refractivity contribution in [1.82, 2.24) is 25.3 Å². The molecule has 0 unspecified atom stereocenters. The van der Waals surface area contributed by atoms with Gasteiger partial charge in [0.05, 0.1) is 18.2 Å². The van der Waals surface area contributed by atoms with Crippen molar-refractivity contribution in [1.29, 1.82) is 0 Å². The first-order valence-corrected chi connectivity index (χ1v) is 8.91. The zero-order chi connectivity index (χ0) is 19.4. The second kappa shape index (κ2) is 8.45. The van der Waals surface area contributed by atoms with Gasteiger partial charge in [0.15, 0.2) is 5.69 Å². The first-order valence-electron chi connectivity index (χ1n) is 8.91. The third-order valence-electron chi connectivity index (χ3n) is 4.68. The van der Waals surface area contributed by atoms with E-state index in [2.05, 4.69) is 30.2 Å². The zero-order valence-electron chi connectivity index (χ0n) is 16.2. The largest absolute Gasteiger partial charge is 0.380 e. The Kier molecular flexibility index (Phi) is 6.02. The first kappa shape index (κ1) is 19.2. The van der Waals surface area contributed by atoms with Crippen LogP contribution in [0.25, 0.3) is 0 Å². The van der Waals surface area contributed by atoms with Crippen LogP contribution in [0.15, 0.2) is 23.0 Å². The minimum Gasteiger partial charge on any atom is -0.380 e. The summed E-state index contributed by atoms with van der Waals surface area (Å²) in [5, 5.41) is 7.05. The standard InChI is InChI=1S/C18H26N6O3/c1-12-14(11-26-4)16(22-27-12)17(25)21-15-10-24(9-13(15)8-23(2)3)18-19-6-5-7-20-18/h5-7,13,15H,8-11H2,1-4H3,(H,21,25)/t13-,15-/m1/s1. The molecule has 146 valence electrons. The van der Waals surface area contributed by atoms with Crippen LogP contribution in [0.4, 0.5) is 5.95 Å². The molecule has 9 heteroatoms. The normalized spacial score (nSPS) is 19.7. The fourth-order valence-corrected chi connectivity index (χ4v) is 3.43. The number of hydrogen-bond donors (Lipinski definition) is 1. The summed E-state index contributed by atoms with van der Waals surface area (Å²) < 4.78 is 10.4. The van der Waals surface area contributed by atoms with Gasteiger partial charge >= 0.3 is 0 Å². The Morgan fingerprint density at radius 1 is 1.37 bits per heavy atom. The van der Waals surface area contributed by atoms with Gasteiger partial charge in [0.2, 0.25) is 5.95 Å². The highest BCUT2D eigenvalue weighted by molar-refractivity contribution is 5.94. The number of anilines is 1. The average Bonchev–Trinajstić information content (AvgIpc) is 3.20. The van der Waals surface area contributed by atoms with E-state index in [0.29, 0.717) is 23.8 Å². The van der Waals surface area contributed by atoms with Gasteiger partial charge in [0.25, 0.3) is 5.91 Å². The van der Waals surface area contributed by atoms with Gasteiger partial charge < -0.3 is 24.4 Å². The molecule has 2 atom stereocenters. The molecule has 0 aromatic carbocycles. The molecule has 0 aliphatic carbocycles. The SMILES string of the molecule is COCc1c(C(=O)N[C@@H]2CN(c3ncccn3)C[C@H]2CN(C)C)noc1C. The molecular formula is C18H26N6O3. The highest BCUT2D eigenvalue weighted by Gasteiger charge is 2.36. The van der Waals surface area contributed by atoms with Gasteiger partial charge in [-0.1, -0.05) is 5.16 Å². The smallest absolute Gasteiger partial charge is 0.274 e. The van der Waals surface area contributed by atoms with Gasteiger partial charge in [-0.25, -0.2) is 9.97 Å². The van der Waals surface area contributed by atoms with Crippen LogP contribution in [0.3, 0.4) is 0 Å². The number of nitrogens with one attached hydrogen (secondary N) is 1. The Bertz CT molecular complexity index is 764. The third kappa shape index (κ3) is 4.42. The van der Waals surface area contributed by atoms with Gasteiger partial charge in [-0.3, -0.25) is 4.79 Å². The van der Waals surface area contributed by atoms with Crippen molar-refractivity contribution in [2.75, 3.05) is 45.7 Å². The van der Waals surface area contributed by atoms with Crippen molar-refractivity contribution in [2.45, 2.75) is 19.6 Å². The fourth-order valence-electron chi connectivity index (χ4n) is 3.43. The molecule has 0 bridgehead atoms. The molecule has 1 saturated heterocycles. The van der Waals surface area contributed by atoms with Crippen LogP contribution in [0.5, 0.6) is 0 Å². The molecule has 9 nitrogen and oxygen atoms in total. The predicted octanol–water partition coefficient (Wildman–Crippen LogP) is 0.716. The molecule has 1 fully saturated rings. The summed E-state index contributed by atoms with van der Waals surface area (Å²) in [6.07, 6.45) is 3.45. The van der Waals surface area contributed by atoms with Gasteiger partial charge in [-0.05, 0) is 27.1 Å². The number of methoxy groups -OCH3 is 1. The van der Waals surface area contributed by atoms with E-state index in [1.165, 1.54) is 0 Å². The summed E-state index contributed by atoms with van der Waals surface area (Å²) in [5.74, 6) is 1.27. The van der Waals surface area contributed by atoms with Crippen LogP contribution in [0.2, 0.25) is 0 Å². The highest BCUT2D eigenvalue weighted by atomic mass is 16.5. The number of amides is 1. The summed E-state index contributed by atoms with van der Waals surface area (Å²) in [7, 11) is 5.63. The van der Waals surface area contributed by atoms with Gasteiger partial charge in [0.1, 0.15) is 5.76 Å². The summed E-state index contributed by atoms with van der Waals surface area (Å²) in [6.45, 7) is 4.32. The molecule has 1 aliphatic rings. The molecule has 3 rings (SSSR count). The van der Waals surface area contributed by atoms with Crippen LogP contribution >= 0.6 is 0 Å². The van der Waals surface area contributed by atoms with Gasteiger partial charge in [-0.15, -0.1) is 0 Å². The number of rotatable bonds is 7. The minimum absolute atomic E-state index is 0.0453. The van der Waals surface area contributed by atoms with E-state index in [1.807, 2.05) is 14.1 Å². The lowest BCUT2D eigenvalue weighted by Crippen LogP contribution is -2.43. The van der Waals surface area contributed by atoms with E-state index in [4.69, 9.17) is 9.26 Å². The molecule has 0 saturated carbocycles. The fraction of sp³-hybridized carbons (Fsp3) is 0.556. The monoisotopic (exact) mass is 374 g/mol. The zero-order valence-corrected chi connectivity index (χ0v) is 16.2. The molecule has 1 aliphatic heterocycles. The number of carbonyl (C=O) groups is 1. The Hall–Kier alpha value is -2.52. The molecule has 1 amide bonds. The number of hydrogen-bond acceptors (Lipinski definition) is 8. The summed E-state index contributed by atoms with van der Waals surface area (Å²) in [4.78, 5) is 25.7. The summed E-state index contributed by atoms with van der Waals surface area (Å²) in [5.41, 5.74) is 0.966. The molecule has 1 N–H and O–H groups in total. The van der Waals surface area contributed by atoms with Gasteiger partial charge in [0, 0.05) is 45.1 Å². The van der Waals surface area contributed by atoms with Crippen LogP contribution in [-0.4, -0.2) is 72.8 Å². The molecule has 2 aromatic heterocycles. The van der Waals surface area contributed by atoms with Crippen LogP contribution in [0.1, 0.15) is 21.8 Å². The lowest BCUT2D eigenvalue weighted by atomic mass is 10.0. The van der Waals surface area contributed by atoms with Crippen molar-refractivity contribution in [3.8, 4) is 0 Å². The summed E-state index contributed by atoms with van der Waals surface area (Å²) >= 11 is 0. The Morgan fingerprint density at radius 3 is 2.78 bits per heavy atom. The molecule has 0 spiro atoms. The third-order valence-corrected chi connectivity index (χ3v) is 4.68. The van der Waals surface area contributed by atoms with E-state index in [1.54, 1.807) is 32.5 Å². The van der Waals surface area contributed by atoms with Crippen molar-refractivity contribution >= 4 is 11.9 Å². The number of aromatic nitrogens is 3. The number of aryl methyl sites for hydroxylation is 1. The van der Waals surface area contributed by atoms with E-state index in [-0.39, 0.29) is 30.2 Å². The maximum Gasteiger partial charge on any atom is 0.274 e. The van der Waals surface area contributed by atoms with E-state index in [0.717, 1.165) is 13.1 Å². The maximum absolute atomic E-state index is 12.8. The highest BCUT2D eigenvalue weighted by Crippen LogP contribution is 2.22. The van der Waals surface area contributed by atoms with Crippen molar-refractivity contribution < 1.29 is 14.1 Å². The molecule has 2 aromatic rings.